The minimum absolute atomic E-state index is 0.0475. The summed E-state index contributed by atoms with van der Waals surface area (Å²) in [5.41, 5.74) is 5.77. The molecule has 3 unspecified atom stereocenters. The molecule has 1 heterocycles. The van der Waals surface area contributed by atoms with Crippen LogP contribution in [0.15, 0.2) is 0 Å². The number of hydrogen-bond donors (Lipinski definition) is 1. The number of nitrogens with zero attached hydrogens (tertiary/aromatic N) is 1. The second-order valence-electron chi connectivity index (χ2n) is 4.66. The highest BCUT2D eigenvalue weighted by Gasteiger charge is 2.34. The zero-order chi connectivity index (χ0) is 12.5. The third-order valence-electron chi connectivity index (χ3n) is 3.27. The molecule has 16 heavy (non-hydrogen) atoms. The second kappa shape index (κ2) is 4.71. The van der Waals surface area contributed by atoms with Crippen molar-refractivity contribution in [3.8, 4) is 0 Å². The number of carbonyl (C=O) groups is 1. The summed E-state index contributed by atoms with van der Waals surface area (Å²) in [6.07, 6.45) is 1.95. The standard InChI is InChI=1S/C10H20N2O3S/c1-7(11)9-4-5-12(6-9)10(13)8(2)16(3,14)15/h7-9H,4-6,11H2,1-3H3. The van der Waals surface area contributed by atoms with Gasteiger partial charge in [0.05, 0.1) is 0 Å². The van der Waals surface area contributed by atoms with E-state index in [9.17, 15) is 13.2 Å². The average Bonchev–Trinajstić information content (AvgIpc) is 2.62. The van der Waals surface area contributed by atoms with Gasteiger partial charge in [-0.05, 0) is 26.2 Å². The fourth-order valence-corrected chi connectivity index (χ4v) is 2.37. The van der Waals surface area contributed by atoms with Crippen molar-refractivity contribution in [2.75, 3.05) is 19.3 Å². The predicted octanol–water partition coefficient (Wildman–Crippen LogP) is -0.385. The first-order chi connectivity index (χ1) is 7.23. The van der Waals surface area contributed by atoms with Gasteiger partial charge in [-0.1, -0.05) is 0 Å². The largest absolute Gasteiger partial charge is 0.341 e. The quantitative estimate of drug-likeness (QED) is 0.738. The summed E-state index contributed by atoms with van der Waals surface area (Å²) >= 11 is 0. The topological polar surface area (TPSA) is 80.5 Å². The average molecular weight is 248 g/mol. The molecule has 0 spiro atoms. The number of likely N-dealkylation sites (tertiary alicyclic amines) is 1. The Morgan fingerprint density at radius 1 is 1.44 bits per heavy atom. The fourth-order valence-electron chi connectivity index (χ4n) is 1.86. The van der Waals surface area contributed by atoms with Crippen LogP contribution >= 0.6 is 0 Å². The van der Waals surface area contributed by atoms with Gasteiger partial charge >= 0.3 is 0 Å². The van der Waals surface area contributed by atoms with Crippen molar-refractivity contribution < 1.29 is 13.2 Å². The molecule has 6 heteroatoms. The summed E-state index contributed by atoms with van der Waals surface area (Å²) in [6.45, 7) is 4.55. The lowest BCUT2D eigenvalue weighted by Crippen LogP contribution is -2.41. The summed E-state index contributed by atoms with van der Waals surface area (Å²) in [4.78, 5) is 13.5. The molecule has 1 fully saturated rings. The van der Waals surface area contributed by atoms with Crippen LogP contribution in [-0.2, 0) is 14.6 Å². The first-order valence-electron chi connectivity index (χ1n) is 5.46. The third-order valence-corrected chi connectivity index (χ3v) is 4.76. The number of amides is 1. The van der Waals surface area contributed by atoms with Crippen LogP contribution in [0.5, 0.6) is 0 Å². The number of rotatable bonds is 3. The van der Waals surface area contributed by atoms with Gasteiger partial charge in [0, 0.05) is 25.4 Å². The van der Waals surface area contributed by atoms with E-state index in [4.69, 9.17) is 5.73 Å². The van der Waals surface area contributed by atoms with E-state index in [0.717, 1.165) is 12.7 Å². The molecular formula is C10H20N2O3S. The van der Waals surface area contributed by atoms with Crippen LogP contribution in [-0.4, -0.2) is 49.9 Å². The van der Waals surface area contributed by atoms with Crippen molar-refractivity contribution in [3.63, 3.8) is 0 Å². The molecule has 5 nitrogen and oxygen atoms in total. The first-order valence-corrected chi connectivity index (χ1v) is 7.42. The van der Waals surface area contributed by atoms with Crippen LogP contribution in [0.3, 0.4) is 0 Å². The van der Waals surface area contributed by atoms with Crippen LogP contribution in [0.1, 0.15) is 20.3 Å². The third kappa shape index (κ3) is 2.95. The molecule has 1 aliphatic heterocycles. The molecule has 2 N–H and O–H groups in total. The lowest BCUT2D eigenvalue weighted by molar-refractivity contribution is -0.129. The highest BCUT2D eigenvalue weighted by atomic mass is 32.2. The summed E-state index contributed by atoms with van der Waals surface area (Å²) in [7, 11) is -3.30. The molecule has 0 bridgehead atoms. The van der Waals surface area contributed by atoms with Gasteiger partial charge in [0.15, 0.2) is 9.84 Å². The van der Waals surface area contributed by atoms with Gasteiger partial charge in [-0.2, -0.15) is 0 Å². The number of carbonyl (C=O) groups excluding carboxylic acids is 1. The van der Waals surface area contributed by atoms with Gasteiger partial charge in [0.1, 0.15) is 5.25 Å². The molecule has 1 rings (SSSR count). The molecule has 0 aliphatic carbocycles. The maximum absolute atomic E-state index is 11.9. The highest BCUT2D eigenvalue weighted by Crippen LogP contribution is 2.20. The fraction of sp³-hybridized carbons (Fsp3) is 0.900. The molecule has 0 radical (unpaired) electrons. The van der Waals surface area contributed by atoms with Gasteiger partial charge < -0.3 is 10.6 Å². The van der Waals surface area contributed by atoms with Crippen LogP contribution in [0.2, 0.25) is 0 Å². The van der Waals surface area contributed by atoms with Crippen molar-refractivity contribution in [2.24, 2.45) is 11.7 Å². The molecule has 3 atom stereocenters. The minimum Gasteiger partial charge on any atom is -0.341 e. The van der Waals surface area contributed by atoms with Crippen molar-refractivity contribution in [2.45, 2.75) is 31.6 Å². The van der Waals surface area contributed by atoms with E-state index in [-0.39, 0.29) is 17.9 Å². The molecule has 0 saturated carbocycles. The van der Waals surface area contributed by atoms with Crippen LogP contribution in [0.4, 0.5) is 0 Å². The summed E-state index contributed by atoms with van der Waals surface area (Å²) in [5.74, 6) is -0.0126. The van der Waals surface area contributed by atoms with Crippen molar-refractivity contribution in [1.29, 1.82) is 0 Å². The van der Waals surface area contributed by atoms with E-state index >= 15 is 0 Å². The smallest absolute Gasteiger partial charge is 0.240 e. The summed E-state index contributed by atoms with van der Waals surface area (Å²) in [6, 6.07) is 0.0475. The van der Waals surface area contributed by atoms with Gasteiger partial charge in [-0.3, -0.25) is 4.79 Å². The number of sulfone groups is 1. The molecule has 94 valence electrons. The molecule has 1 saturated heterocycles. The minimum atomic E-state index is -3.30. The second-order valence-corrected chi connectivity index (χ2v) is 7.03. The lowest BCUT2D eigenvalue weighted by atomic mass is 10.0. The van der Waals surface area contributed by atoms with Gasteiger partial charge in [-0.15, -0.1) is 0 Å². The SMILES string of the molecule is CC(N)C1CCN(C(=O)C(C)S(C)(=O)=O)C1. The molecule has 0 aromatic heterocycles. The van der Waals surface area contributed by atoms with E-state index in [2.05, 4.69) is 0 Å². The maximum Gasteiger partial charge on any atom is 0.240 e. The van der Waals surface area contributed by atoms with E-state index in [1.807, 2.05) is 6.92 Å². The predicted molar refractivity (Wildman–Crippen MR) is 62.6 cm³/mol. The highest BCUT2D eigenvalue weighted by molar-refractivity contribution is 7.92. The molecule has 1 aliphatic rings. The van der Waals surface area contributed by atoms with E-state index < -0.39 is 15.1 Å². The molecule has 0 aromatic carbocycles. The lowest BCUT2D eigenvalue weighted by Gasteiger charge is -2.20. The van der Waals surface area contributed by atoms with Crippen molar-refractivity contribution in [3.05, 3.63) is 0 Å². The maximum atomic E-state index is 11.9. The Hall–Kier alpha value is -0.620. The molecular weight excluding hydrogens is 228 g/mol. The number of hydrogen-bond acceptors (Lipinski definition) is 4. The monoisotopic (exact) mass is 248 g/mol. The Bertz CT molecular complexity index is 364. The molecule has 1 amide bonds. The van der Waals surface area contributed by atoms with E-state index in [0.29, 0.717) is 13.1 Å². The van der Waals surface area contributed by atoms with Gasteiger partial charge in [0.25, 0.3) is 0 Å². The summed E-state index contributed by atoms with van der Waals surface area (Å²) in [5, 5.41) is -0.945. The van der Waals surface area contributed by atoms with Crippen LogP contribution in [0.25, 0.3) is 0 Å². The zero-order valence-electron chi connectivity index (χ0n) is 10.0. The number of nitrogens with two attached hydrogens (primary N) is 1. The Kier molecular flexibility index (Phi) is 3.96. The van der Waals surface area contributed by atoms with E-state index in [1.165, 1.54) is 6.92 Å². The van der Waals surface area contributed by atoms with Crippen molar-refractivity contribution in [1.82, 2.24) is 4.90 Å². The Balaban J connectivity index is 2.65. The molecule has 0 aromatic rings. The van der Waals surface area contributed by atoms with Crippen molar-refractivity contribution >= 4 is 15.7 Å². The first kappa shape index (κ1) is 13.4. The van der Waals surface area contributed by atoms with Gasteiger partial charge in [-0.25, -0.2) is 8.42 Å². The summed E-state index contributed by atoms with van der Waals surface area (Å²) < 4.78 is 22.5. The van der Waals surface area contributed by atoms with E-state index in [1.54, 1.807) is 4.90 Å². The Morgan fingerprint density at radius 2 is 2.00 bits per heavy atom. The van der Waals surface area contributed by atoms with Gasteiger partial charge in [0.2, 0.25) is 5.91 Å². The van der Waals surface area contributed by atoms with Crippen LogP contribution < -0.4 is 5.73 Å². The normalized spacial score (nSPS) is 25.5. The van der Waals surface area contributed by atoms with Crippen LogP contribution in [0, 0.1) is 5.92 Å². The zero-order valence-corrected chi connectivity index (χ0v) is 10.8. The Morgan fingerprint density at radius 3 is 2.38 bits per heavy atom. The Labute approximate surface area is 96.9 Å².